The first-order valence-electron chi connectivity index (χ1n) is 7.57. The van der Waals surface area contributed by atoms with Gasteiger partial charge in [0.1, 0.15) is 11.9 Å². The second-order valence-corrected chi connectivity index (χ2v) is 5.67. The first kappa shape index (κ1) is 16.9. The van der Waals surface area contributed by atoms with Crippen LogP contribution >= 0.6 is 0 Å². The van der Waals surface area contributed by atoms with E-state index in [4.69, 9.17) is 4.74 Å². The van der Waals surface area contributed by atoms with E-state index in [2.05, 4.69) is 10.2 Å². The maximum Gasteiger partial charge on any atom is 0.241 e. The highest BCUT2D eigenvalue weighted by Crippen LogP contribution is 2.19. The molecule has 122 valence electrons. The van der Waals surface area contributed by atoms with Crippen LogP contribution in [0.15, 0.2) is 24.3 Å². The molecule has 0 saturated carbocycles. The normalized spacial score (nSPS) is 17.5. The fourth-order valence-electron chi connectivity index (χ4n) is 2.62. The Hall–Kier alpha value is -1.50. The average molecular weight is 309 g/mol. The zero-order valence-electron chi connectivity index (χ0n) is 13.2. The molecule has 1 aliphatic rings. The average Bonchev–Trinajstić information content (AvgIpc) is 2.48. The Labute approximate surface area is 131 Å². The van der Waals surface area contributed by atoms with Gasteiger partial charge in [-0.05, 0) is 31.8 Å². The highest BCUT2D eigenvalue weighted by atomic mass is 19.1. The van der Waals surface area contributed by atoms with Crippen LogP contribution in [0, 0.1) is 5.82 Å². The van der Waals surface area contributed by atoms with Gasteiger partial charge in [0.2, 0.25) is 5.91 Å². The SMILES string of the molecule is CN(C)[C@@H](C(=O)NCCN1CCOCC1)c1cccc(F)c1. The Kier molecular flexibility index (Phi) is 6.30. The molecule has 0 unspecified atom stereocenters. The Morgan fingerprint density at radius 2 is 2.14 bits per heavy atom. The van der Waals surface area contributed by atoms with Crippen molar-refractivity contribution >= 4 is 5.91 Å². The van der Waals surface area contributed by atoms with E-state index in [0.717, 1.165) is 32.8 Å². The summed E-state index contributed by atoms with van der Waals surface area (Å²) < 4.78 is 18.7. The molecule has 0 aliphatic carbocycles. The molecule has 6 heteroatoms. The van der Waals surface area contributed by atoms with E-state index >= 15 is 0 Å². The first-order valence-corrected chi connectivity index (χ1v) is 7.57. The Bertz CT molecular complexity index is 490. The van der Waals surface area contributed by atoms with Gasteiger partial charge in [-0.2, -0.15) is 0 Å². The van der Waals surface area contributed by atoms with Gasteiger partial charge in [0.05, 0.1) is 13.2 Å². The van der Waals surface area contributed by atoms with Gasteiger partial charge >= 0.3 is 0 Å². The number of nitrogens with zero attached hydrogens (tertiary/aromatic N) is 2. The second-order valence-electron chi connectivity index (χ2n) is 5.67. The molecule has 1 aromatic carbocycles. The third-order valence-electron chi connectivity index (χ3n) is 3.76. The summed E-state index contributed by atoms with van der Waals surface area (Å²) in [5, 5.41) is 2.94. The monoisotopic (exact) mass is 309 g/mol. The predicted octanol–water partition coefficient (Wildman–Crippen LogP) is 0.877. The number of morpholine rings is 1. The van der Waals surface area contributed by atoms with Crippen LogP contribution in [-0.2, 0) is 9.53 Å². The van der Waals surface area contributed by atoms with E-state index in [-0.39, 0.29) is 11.7 Å². The fourth-order valence-corrected chi connectivity index (χ4v) is 2.62. The molecule has 1 heterocycles. The summed E-state index contributed by atoms with van der Waals surface area (Å²) in [7, 11) is 3.63. The maximum absolute atomic E-state index is 13.4. The van der Waals surface area contributed by atoms with E-state index in [0.29, 0.717) is 12.1 Å². The van der Waals surface area contributed by atoms with E-state index in [1.165, 1.54) is 12.1 Å². The summed E-state index contributed by atoms with van der Waals surface area (Å²) in [4.78, 5) is 16.5. The zero-order valence-corrected chi connectivity index (χ0v) is 13.2. The van der Waals surface area contributed by atoms with Crippen molar-refractivity contribution in [3.05, 3.63) is 35.6 Å². The minimum atomic E-state index is -0.486. The standard InChI is InChI=1S/C16H24FN3O2/c1-19(2)15(13-4-3-5-14(17)12-13)16(21)18-6-7-20-8-10-22-11-9-20/h3-5,12,15H,6-11H2,1-2H3,(H,18,21)/t15-/m1/s1. The summed E-state index contributed by atoms with van der Waals surface area (Å²) in [5.41, 5.74) is 0.661. The molecule has 0 aromatic heterocycles. The van der Waals surface area contributed by atoms with Crippen molar-refractivity contribution in [1.29, 1.82) is 0 Å². The van der Waals surface area contributed by atoms with Crippen molar-refractivity contribution in [2.75, 3.05) is 53.5 Å². The van der Waals surface area contributed by atoms with Gasteiger partial charge in [-0.15, -0.1) is 0 Å². The molecule has 1 fully saturated rings. The molecule has 22 heavy (non-hydrogen) atoms. The molecule has 2 rings (SSSR count). The van der Waals surface area contributed by atoms with Crippen molar-refractivity contribution in [1.82, 2.24) is 15.1 Å². The predicted molar refractivity (Wildman–Crippen MR) is 83.1 cm³/mol. The molecular weight excluding hydrogens is 285 g/mol. The number of nitrogens with one attached hydrogen (secondary N) is 1. The number of halogens is 1. The topological polar surface area (TPSA) is 44.8 Å². The van der Waals surface area contributed by atoms with Crippen molar-refractivity contribution in [2.24, 2.45) is 0 Å². The van der Waals surface area contributed by atoms with Crippen molar-refractivity contribution in [3.63, 3.8) is 0 Å². The van der Waals surface area contributed by atoms with Gasteiger partial charge in [0.25, 0.3) is 0 Å². The number of hydrogen-bond acceptors (Lipinski definition) is 4. The summed E-state index contributed by atoms with van der Waals surface area (Å²) in [6.45, 7) is 4.68. The molecule has 0 radical (unpaired) electrons. The van der Waals surface area contributed by atoms with Gasteiger partial charge in [0, 0.05) is 26.2 Å². The number of amides is 1. The van der Waals surface area contributed by atoms with Crippen molar-refractivity contribution < 1.29 is 13.9 Å². The summed E-state index contributed by atoms with van der Waals surface area (Å²) >= 11 is 0. The highest BCUT2D eigenvalue weighted by Gasteiger charge is 2.23. The van der Waals surface area contributed by atoms with Crippen LogP contribution in [0.2, 0.25) is 0 Å². The Balaban J connectivity index is 1.89. The molecule has 0 spiro atoms. The number of hydrogen-bond donors (Lipinski definition) is 1. The molecule has 1 amide bonds. The van der Waals surface area contributed by atoms with Crippen LogP contribution < -0.4 is 5.32 Å². The smallest absolute Gasteiger partial charge is 0.241 e. The quantitative estimate of drug-likeness (QED) is 0.847. The number of ether oxygens (including phenoxy) is 1. The van der Waals surface area contributed by atoms with Crippen LogP contribution in [0.1, 0.15) is 11.6 Å². The van der Waals surface area contributed by atoms with Crippen LogP contribution in [0.3, 0.4) is 0 Å². The van der Waals surface area contributed by atoms with E-state index < -0.39 is 6.04 Å². The lowest BCUT2D eigenvalue weighted by molar-refractivity contribution is -0.125. The van der Waals surface area contributed by atoms with Gasteiger partial charge < -0.3 is 10.1 Å². The van der Waals surface area contributed by atoms with Gasteiger partial charge in [0.15, 0.2) is 0 Å². The van der Waals surface area contributed by atoms with Crippen molar-refractivity contribution in [3.8, 4) is 0 Å². The minimum absolute atomic E-state index is 0.108. The van der Waals surface area contributed by atoms with Gasteiger partial charge in [-0.1, -0.05) is 12.1 Å². The fraction of sp³-hybridized carbons (Fsp3) is 0.562. The number of carbonyl (C=O) groups is 1. The minimum Gasteiger partial charge on any atom is -0.379 e. The number of carbonyl (C=O) groups excluding carboxylic acids is 1. The van der Waals surface area contributed by atoms with E-state index in [1.54, 1.807) is 17.0 Å². The molecule has 1 saturated heterocycles. The molecule has 5 nitrogen and oxygen atoms in total. The zero-order chi connectivity index (χ0) is 15.9. The number of rotatable bonds is 6. The lowest BCUT2D eigenvalue weighted by Gasteiger charge is -2.28. The van der Waals surface area contributed by atoms with E-state index in [9.17, 15) is 9.18 Å². The first-order chi connectivity index (χ1) is 10.6. The maximum atomic E-state index is 13.4. The molecule has 0 bridgehead atoms. The molecule has 1 atom stereocenters. The van der Waals surface area contributed by atoms with Gasteiger partial charge in [-0.3, -0.25) is 14.6 Å². The molecule has 1 aromatic rings. The largest absolute Gasteiger partial charge is 0.379 e. The summed E-state index contributed by atoms with van der Waals surface area (Å²) in [6.07, 6.45) is 0. The van der Waals surface area contributed by atoms with E-state index in [1.807, 2.05) is 14.1 Å². The lowest BCUT2D eigenvalue weighted by Crippen LogP contribution is -2.43. The van der Waals surface area contributed by atoms with Gasteiger partial charge in [-0.25, -0.2) is 4.39 Å². The summed E-state index contributed by atoms with van der Waals surface area (Å²) in [5.74, 6) is -0.436. The molecule has 1 N–H and O–H groups in total. The van der Waals surface area contributed by atoms with Crippen molar-refractivity contribution in [2.45, 2.75) is 6.04 Å². The Morgan fingerprint density at radius 1 is 1.41 bits per heavy atom. The van der Waals surface area contributed by atoms with Crippen LogP contribution in [0.5, 0.6) is 0 Å². The summed E-state index contributed by atoms with van der Waals surface area (Å²) in [6, 6.07) is 5.70. The van der Waals surface area contributed by atoms with Crippen LogP contribution in [-0.4, -0.2) is 69.2 Å². The number of benzene rings is 1. The highest BCUT2D eigenvalue weighted by molar-refractivity contribution is 5.83. The second kappa shape index (κ2) is 8.22. The lowest BCUT2D eigenvalue weighted by atomic mass is 10.1. The number of likely N-dealkylation sites (N-methyl/N-ethyl adjacent to an activating group) is 1. The van der Waals surface area contributed by atoms with Crippen LogP contribution in [0.25, 0.3) is 0 Å². The Morgan fingerprint density at radius 3 is 2.77 bits per heavy atom. The molecular formula is C16H24FN3O2. The third-order valence-corrected chi connectivity index (χ3v) is 3.76. The third kappa shape index (κ3) is 4.76. The van der Waals surface area contributed by atoms with Crippen LogP contribution in [0.4, 0.5) is 4.39 Å². The molecule has 1 aliphatic heterocycles.